The maximum absolute atomic E-state index is 12.6. The van der Waals surface area contributed by atoms with Gasteiger partial charge in [-0.05, 0) is 29.8 Å². The number of nitrogens with one attached hydrogen (secondary N) is 1. The second-order valence-electron chi connectivity index (χ2n) is 6.48. The first-order chi connectivity index (χ1) is 13.6. The maximum Gasteiger partial charge on any atom is 0.227 e. The van der Waals surface area contributed by atoms with Crippen molar-refractivity contribution in [3.63, 3.8) is 0 Å². The van der Waals surface area contributed by atoms with Gasteiger partial charge in [0.15, 0.2) is 11.5 Å². The molecule has 0 bridgehead atoms. The Kier molecular flexibility index (Phi) is 6.03. The van der Waals surface area contributed by atoms with E-state index in [9.17, 15) is 9.59 Å². The van der Waals surface area contributed by atoms with E-state index in [0.29, 0.717) is 36.0 Å². The van der Waals surface area contributed by atoms with Gasteiger partial charge in [-0.15, -0.1) is 0 Å². The van der Waals surface area contributed by atoms with Gasteiger partial charge in [-0.25, -0.2) is 0 Å². The third-order valence-electron chi connectivity index (χ3n) is 4.79. The summed E-state index contributed by atoms with van der Waals surface area (Å²) in [5, 5.41) is 2.91. The summed E-state index contributed by atoms with van der Waals surface area (Å²) in [7, 11) is 4.70. The van der Waals surface area contributed by atoms with Crippen molar-refractivity contribution in [3.05, 3.63) is 48.0 Å². The number of hydrogen-bond acceptors (Lipinski definition) is 5. The van der Waals surface area contributed by atoms with Gasteiger partial charge >= 0.3 is 0 Å². The van der Waals surface area contributed by atoms with E-state index >= 15 is 0 Å². The fourth-order valence-corrected chi connectivity index (χ4v) is 3.29. The van der Waals surface area contributed by atoms with Crippen LogP contribution in [0.4, 0.5) is 5.69 Å². The molecule has 7 nitrogen and oxygen atoms in total. The second-order valence-corrected chi connectivity index (χ2v) is 6.48. The van der Waals surface area contributed by atoms with Crippen LogP contribution in [0.1, 0.15) is 12.0 Å². The number of carbonyl (C=O) groups is 2. The molecular weight excluding hydrogens is 360 g/mol. The van der Waals surface area contributed by atoms with E-state index in [-0.39, 0.29) is 18.2 Å². The molecule has 2 aromatic rings. The number of para-hydroxylation sites is 2. The Hall–Kier alpha value is -3.22. The molecule has 28 heavy (non-hydrogen) atoms. The minimum atomic E-state index is -0.405. The number of nitrogens with zero attached hydrogens (tertiary/aromatic N) is 1. The van der Waals surface area contributed by atoms with Gasteiger partial charge in [0.25, 0.3) is 0 Å². The van der Waals surface area contributed by atoms with Gasteiger partial charge in [0, 0.05) is 19.5 Å². The number of anilines is 1. The number of benzene rings is 2. The van der Waals surface area contributed by atoms with Crippen molar-refractivity contribution in [1.29, 1.82) is 0 Å². The van der Waals surface area contributed by atoms with E-state index in [1.54, 1.807) is 38.4 Å². The van der Waals surface area contributed by atoms with E-state index in [4.69, 9.17) is 14.2 Å². The molecule has 1 fully saturated rings. The fraction of sp³-hybridized carbons (Fsp3) is 0.333. The molecule has 3 rings (SSSR count). The predicted molar refractivity (Wildman–Crippen MR) is 105 cm³/mol. The van der Waals surface area contributed by atoms with Crippen LogP contribution in [-0.4, -0.2) is 39.7 Å². The molecule has 1 heterocycles. The summed E-state index contributed by atoms with van der Waals surface area (Å²) in [5.41, 5.74) is 1.57. The van der Waals surface area contributed by atoms with Gasteiger partial charge in [0.1, 0.15) is 5.75 Å². The van der Waals surface area contributed by atoms with E-state index in [2.05, 4.69) is 5.32 Å². The Balaban J connectivity index is 1.64. The molecule has 0 aromatic heterocycles. The van der Waals surface area contributed by atoms with Gasteiger partial charge in [0.2, 0.25) is 11.8 Å². The summed E-state index contributed by atoms with van der Waals surface area (Å²) in [5.74, 6) is 1.20. The van der Waals surface area contributed by atoms with Crippen LogP contribution in [0.5, 0.6) is 17.2 Å². The molecule has 1 N–H and O–H groups in total. The minimum absolute atomic E-state index is 0.0873. The van der Waals surface area contributed by atoms with E-state index < -0.39 is 5.92 Å². The summed E-state index contributed by atoms with van der Waals surface area (Å²) in [4.78, 5) is 26.7. The smallest absolute Gasteiger partial charge is 0.227 e. The normalized spacial score (nSPS) is 16.0. The van der Waals surface area contributed by atoms with E-state index in [0.717, 1.165) is 5.56 Å². The van der Waals surface area contributed by atoms with Crippen LogP contribution in [-0.2, 0) is 16.1 Å². The summed E-state index contributed by atoms with van der Waals surface area (Å²) in [6.45, 7) is 0.676. The molecule has 1 saturated heterocycles. The second kappa shape index (κ2) is 8.65. The zero-order valence-corrected chi connectivity index (χ0v) is 16.2. The molecule has 0 spiro atoms. The van der Waals surface area contributed by atoms with Crippen LogP contribution in [0.25, 0.3) is 0 Å². The average Bonchev–Trinajstić information content (AvgIpc) is 3.13. The number of rotatable bonds is 7. The van der Waals surface area contributed by atoms with Gasteiger partial charge in [-0.2, -0.15) is 0 Å². The molecule has 2 aromatic carbocycles. The fourth-order valence-electron chi connectivity index (χ4n) is 3.29. The van der Waals surface area contributed by atoms with Crippen molar-refractivity contribution in [2.24, 2.45) is 5.92 Å². The van der Waals surface area contributed by atoms with Crippen molar-refractivity contribution >= 4 is 17.5 Å². The Morgan fingerprint density at radius 2 is 1.75 bits per heavy atom. The summed E-state index contributed by atoms with van der Waals surface area (Å²) >= 11 is 0. The zero-order valence-electron chi connectivity index (χ0n) is 16.2. The van der Waals surface area contributed by atoms with Crippen LogP contribution in [0.15, 0.2) is 42.5 Å². The van der Waals surface area contributed by atoms with Crippen molar-refractivity contribution in [2.45, 2.75) is 13.0 Å². The molecule has 148 valence electrons. The van der Waals surface area contributed by atoms with Crippen molar-refractivity contribution in [1.82, 2.24) is 5.32 Å². The minimum Gasteiger partial charge on any atom is -0.495 e. The lowest BCUT2D eigenvalue weighted by atomic mass is 10.1. The van der Waals surface area contributed by atoms with Crippen LogP contribution in [0, 0.1) is 5.92 Å². The highest BCUT2D eigenvalue weighted by atomic mass is 16.5. The van der Waals surface area contributed by atoms with E-state index in [1.165, 1.54) is 0 Å². The molecule has 0 radical (unpaired) electrons. The zero-order chi connectivity index (χ0) is 20.1. The lowest BCUT2D eigenvalue weighted by Crippen LogP contribution is -2.32. The molecule has 1 atom stereocenters. The summed E-state index contributed by atoms with van der Waals surface area (Å²) in [6.07, 6.45) is 0.176. The number of methoxy groups -OCH3 is 3. The molecule has 0 aliphatic carbocycles. The molecule has 0 unspecified atom stereocenters. The first-order valence-electron chi connectivity index (χ1n) is 8.99. The van der Waals surface area contributed by atoms with Crippen molar-refractivity contribution in [2.75, 3.05) is 32.8 Å². The number of carbonyl (C=O) groups excluding carboxylic acids is 2. The van der Waals surface area contributed by atoms with Crippen LogP contribution in [0.3, 0.4) is 0 Å². The Bertz CT molecular complexity index is 868. The Labute approximate surface area is 164 Å². The molecule has 1 aliphatic heterocycles. The van der Waals surface area contributed by atoms with Gasteiger partial charge in [-0.3, -0.25) is 9.59 Å². The number of ether oxygens (including phenoxy) is 3. The monoisotopic (exact) mass is 384 g/mol. The molecular formula is C21H24N2O5. The molecule has 1 aliphatic rings. The van der Waals surface area contributed by atoms with Crippen molar-refractivity contribution < 1.29 is 23.8 Å². The number of hydrogen-bond donors (Lipinski definition) is 1. The quantitative estimate of drug-likeness (QED) is 0.793. The highest BCUT2D eigenvalue weighted by molar-refractivity contribution is 6.01. The van der Waals surface area contributed by atoms with E-state index in [1.807, 2.05) is 30.3 Å². The lowest BCUT2D eigenvalue weighted by Gasteiger charge is -2.19. The summed E-state index contributed by atoms with van der Waals surface area (Å²) in [6, 6.07) is 12.8. The van der Waals surface area contributed by atoms with Gasteiger partial charge < -0.3 is 24.4 Å². The molecule has 2 amide bonds. The van der Waals surface area contributed by atoms with Crippen LogP contribution < -0.4 is 24.4 Å². The highest BCUT2D eigenvalue weighted by Crippen LogP contribution is 2.33. The van der Waals surface area contributed by atoms with Crippen molar-refractivity contribution in [3.8, 4) is 17.2 Å². The topological polar surface area (TPSA) is 77.1 Å². The van der Waals surface area contributed by atoms with Gasteiger partial charge in [0.05, 0.1) is 32.9 Å². The average molecular weight is 384 g/mol. The SMILES string of the molecule is COc1ccc(CNC(=O)[C@@H]2CC(=O)N(c3ccccc3OC)C2)cc1OC. The third-order valence-corrected chi connectivity index (χ3v) is 4.79. The molecule has 7 heteroatoms. The lowest BCUT2D eigenvalue weighted by molar-refractivity contribution is -0.126. The first kappa shape index (κ1) is 19.5. The Morgan fingerprint density at radius 1 is 1.04 bits per heavy atom. The number of amides is 2. The highest BCUT2D eigenvalue weighted by Gasteiger charge is 2.36. The third kappa shape index (κ3) is 4.03. The standard InChI is InChI=1S/C21H24N2O5/c1-26-17-7-5-4-6-16(17)23-13-15(11-20(23)24)21(25)22-12-14-8-9-18(27-2)19(10-14)28-3/h4-10,15H,11-13H2,1-3H3,(H,22,25)/t15-/m1/s1. The predicted octanol–water partition coefficient (Wildman–Crippen LogP) is 2.38. The Morgan fingerprint density at radius 3 is 2.46 bits per heavy atom. The summed E-state index contributed by atoms with van der Waals surface area (Å²) < 4.78 is 15.8. The maximum atomic E-state index is 12.6. The van der Waals surface area contributed by atoms with Crippen LogP contribution >= 0.6 is 0 Å². The van der Waals surface area contributed by atoms with Crippen LogP contribution in [0.2, 0.25) is 0 Å². The first-order valence-corrected chi connectivity index (χ1v) is 8.99. The van der Waals surface area contributed by atoms with Gasteiger partial charge in [-0.1, -0.05) is 18.2 Å². The molecule has 0 saturated carbocycles. The largest absolute Gasteiger partial charge is 0.495 e.